The maximum absolute atomic E-state index is 12.3. The number of rotatable bonds is 7. The molecule has 0 radical (unpaired) electrons. The van der Waals surface area contributed by atoms with Crippen molar-refractivity contribution in [3.8, 4) is 11.1 Å². The molecule has 0 saturated carbocycles. The second-order valence-corrected chi connectivity index (χ2v) is 7.01. The summed E-state index contributed by atoms with van der Waals surface area (Å²) in [5.74, 6) is 0.486. The maximum atomic E-state index is 12.3. The molecule has 0 saturated heterocycles. The Balaban J connectivity index is 1.67. The molecule has 7 nitrogen and oxygen atoms in total. The van der Waals surface area contributed by atoms with Crippen LogP contribution in [0.3, 0.4) is 0 Å². The molecular formula is C22H23N5O2. The van der Waals surface area contributed by atoms with Crippen molar-refractivity contribution in [2.45, 2.75) is 20.3 Å². The Bertz CT molecular complexity index is 972. The third kappa shape index (κ3) is 5.68. The quantitative estimate of drug-likeness (QED) is 0.644. The number of anilines is 1. The summed E-state index contributed by atoms with van der Waals surface area (Å²) in [4.78, 5) is 28.7. The molecule has 0 aliphatic rings. The van der Waals surface area contributed by atoms with Crippen molar-refractivity contribution in [2.75, 3.05) is 11.9 Å². The van der Waals surface area contributed by atoms with Crippen LogP contribution in [-0.4, -0.2) is 33.5 Å². The van der Waals surface area contributed by atoms with Crippen LogP contribution in [0.15, 0.2) is 60.9 Å². The van der Waals surface area contributed by atoms with E-state index < -0.39 is 0 Å². The smallest absolute Gasteiger partial charge is 0.277 e. The van der Waals surface area contributed by atoms with Crippen LogP contribution in [0.1, 0.15) is 41.1 Å². The van der Waals surface area contributed by atoms with Crippen molar-refractivity contribution in [3.05, 3.63) is 72.2 Å². The van der Waals surface area contributed by atoms with Crippen molar-refractivity contribution in [3.63, 3.8) is 0 Å². The van der Waals surface area contributed by atoms with Gasteiger partial charge in [-0.15, -0.1) is 5.10 Å². The summed E-state index contributed by atoms with van der Waals surface area (Å²) in [6.45, 7) is 4.90. The predicted molar refractivity (Wildman–Crippen MR) is 111 cm³/mol. The van der Waals surface area contributed by atoms with Crippen LogP contribution in [-0.2, 0) is 0 Å². The molecule has 2 heterocycles. The summed E-state index contributed by atoms with van der Waals surface area (Å²) in [5, 5.41) is 13.1. The first-order chi connectivity index (χ1) is 14.0. The van der Waals surface area contributed by atoms with Crippen molar-refractivity contribution in [1.29, 1.82) is 0 Å². The average Bonchev–Trinajstić information content (AvgIpc) is 2.74. The summed E-state index contributed by atoms with van der Waals surface area (Å²) in [6, 6.07) is 14.2. The Morgan fingerprint density at radius 1 is 1.00 bits per heavy atom. The highest BCUT2D eigenvalue weighted by atomic mass is 16.2. The molecule has 0 unspecified atom stereocenters. The summed E-state index contributed by atoms with van der Waals surface area (Å²) in [6.07, 6.45) is 4.10. The van der Waals surface area contributed by atoms with E-state index >= 15 is 0 Å². The largest absolute Gasteiger partial charge is 0.352 e. The summed E-state index contributed by atoms with van der Waals surface area (Å²) in [5.41, 5.74) is 2.54. The van der Waals surface area contributed by atoms with Gasteiger partial charge in [0.15, 0.2) is 5.69 Å². The van der Waals surface area contributed by atoms with Gasteiger partial charge >= 0.3 is 0 Å². The highest BCUT2D eigenvalue weighted by Gasteiger charge is 2.10. The minimum atomic E-state index is -0.376. The van der Waals surface area contributed by atoms with Crippen molar-refractivity contribution in [2.24, 2.45) is 5.92 Å². The first kappa shape index (κ1) is 20.1. The van der Waals surface area contributed by atoms with Gasteiger partial charge in [-0.05, 0) is 54.3 Å². The predicted octanol–water partition coefficient (Wildman–Crippen LogP) is 3.57. The van der Waals surface area contributed by atoms with E-state index in [1.807, 2.05) is 24.3 Å². The van der Waals surface area contributed by atoms with Crippen LogP contribution in [0.4, 0.5) is 5.82 Å². The van der Waals surface area contributed by atoms with E-state index in [0.717, 1.165) is 17.5 Å². The van der Waals surface area contributed by atoms with Crippen LogP contribution >= 0.6 is 0 Å². The topological polar surface area (TPSA) is 96.9 Å². The fraction of sp³-hybridized carbons (Fsp3) is 0.227. The number of aromatic nitrogens is 3. The number of hydrogen-bond donors (Lipinski definition) is 2. The van der Waals surface area contributed by atoms with Gasteiger partial charge in [-0.1, -0.05) is 26.0 Å². The number of benzene rings is 1. The molecule has 3 rings (SSSR count). The SMILES string of the molecule is CC(C)CCNC(=O)c1cccc(-c2ccc(NC(=O)c3cccnn3)nc2)c1. The highest BCUT2D eigenvalue weighted by Crippen LogP contribution is 2.21. The number of hydrogen-bond acceptors (Lipinski definition) is 5. The molecule has 3 aromatic rings. The monoisotopic (exact) mass is 389 g/mol. The van der Waals surface area contributed by atoms with Gasteiger partial charge < -0.3 is 10.6 Å². The van der Waals surface area contributed by atoms with Crippen LogP contribution < -0.4 is 10.6 Å². The van der Waals surface area contributed by atoms with E-state index in [0.29, 0.717) is 23.8 Å². The second-order valence-electron chi connectivity index (χ2n) is 7.01. The molecule has 0 aliphatic heterocycles. The van der Waals surface area contributed by atoms with E-state index in [9.17, 15) is 9.59 Å². The molecule has 2 amide bonds. The van der Waals surface area contributed by atoms with Gasteiger partial charge in [0.1, 0.15) is 5.82 Å². The second kappa shape index (κ2) is 9.54. The van der Waals surface area contributed by atoms with Gasteiger partial charge in [0, 0.05) is 30.1 Å². The standard InChI is InChI=1S/C22H23N5O2/c1-15(2)10-12-23-21(28)17-6-3-5-16(13-17)18-8-9-20(24-14-18)26-22(29)19-7-4-11-25-27-19/h3-9,11,13-15H,10,12H2,1-2H3,(H,23,28)(H,24,26,29). The molecule has 29 heavy (non-hydrogen) atoms. The summed E-state index contributed by atoms with van der Waals surface area (Å²) in [7, 11) is 0. The zero-order valence-corrected chi connectivity index (χ0v) is 16.4. The third-order valence-corrected chi connectivity index (χ3v) is 4.28. The fourth-order valence-electron chi connectivity index (χ4n) is 2.66. The minimum Gasteiger partial charge on any atom is -0.352 e. The molecule has 7 heteroatoms. The average molecular weight is 389 g/mol. The number of nitrogens with one attached hydrogen (secondary N) is 2. The lowest BCUT2D eigenvalue weighted by Gasteiger charge is -2.09. The molecule has 0 fully saturated rings. The summed E-state index contributed by atoms with van der Waals surface area (Å²) < 4.78 is 0. The Morgan fingerprint density at radius 2 is 1.86 bits per heavy atom. The van der Waals surface area contributed by atoms with E-state index in [4.69, 9.17) is 0 Å². The van der Waals surface area contributed by atoms with Gasteiger partial charge in [-0.2, -0.15) is 5.10 Å². The lowest BCUT2D eigenvalue weighted by atomic mass is 10.0. The van der Waals surface area contributed by atoms with Crippen molar-refractivity contribution >= 4 is 17.6 Å². The van der Waals surface area contributed by atoms with Gasteiger partial charge in [0.2, 0.25) is 0 Å². The maximum Gasteiger partial charge on any atom is 0.277 e. The molecule has 148 valence electrons. The molecule has 2 aromatic heterocycles. The minimum absolute atomic E-state index is 0.0895. The van der Waals surface area contributed by atoms with E-state index in [1.165, 1.54) is 6.20 Å². The van der Waals surface area contributed by atoms with Crippen LogP contribution in [0.25, 0.3) is 11.1 Å². The number of nitrogens with zero attached hydrogens (tertiary/aromatic N) is 3. The van der Waals surface area contributed by atoms with E-state index in [1.54, 1.807) is 30.5 Å². The first-order valence-corrected chi connectivity index (χ1v) is 9.46. The van der Waals surface area contributed by atoms with Crippen molar-refractivity contribution < 1.29 is 9.59 Å². The lowest BCUT2D eigenvalue weighted by molar-refractivity contribution is 0.0951. The molecular weight excluding hydrogens is 366 g/mol. The van der Waals surface area contributed by atoms with Gasteiger partial charge in [0.05, 0.1) is 0 Å². The molecule has 0 spiro atoms. The van der Waals surface area contributed by atoms with E-state index in [2.05, 4.69) is 39.7 Å². The van der Waals surface area contributed by atoms with Crippen molar-refractivity contribution in [1.82, 2.24) is 20.5 Å². The zero-order chi connectivity index (χ0) is 20.6. The molecule has 1 aromatic carbocycles. The lowest BCUT2D eigenvalue weighted by Crippen LogP contribution is -2.25. The Kier molecular flexibility index (Phi) is 6.63. The van der Waals surface area contributed by atoms with E-state index in [-0.39, 0.29) is 17.5 Å². The highest BCUT2D eigenvalue weighted by molar-refractivity contribution is 6.02. The number of carbonyl (C=O) groups excluding carboxylic acids is 2. The van der Waals surface area contributed by atoms with Crippen LogP contribution in [0.5, 0.6) is 0 Å². The van der Waals surface area contributed by atoms with Gasteiger partial charge in [-0.25, -0.2) is 4.98 Å². The van der Waals surface area contributed by atoms with Gasteiger partial charge in [0.25, 0.3) is 11.8 Å². The zero-order valence-electron chi connectivity index (χ0n) is 16.4. The molecule has 0 atom stereocenters. The number of amides is 2. The number of pyridine rings is 1. The normalized spacial score (nSPS) is 10.6. The fourth-order valence-corrected chi connectivity index (χ4v) is 2.66. The number of carbonyl (C=O) groups is 2. The molecule has 0 bridgehead atoms. The van der Waals surface area contributed by atoms with Crippen LogP contribution in [0, 0.1) is 5.92 Å². The Labute approximate surface area is 169 Å². The third-order valence-electron chi connectivity index (χ3n) is 4.28. The van der Waals surface area contributed by atoms with Crippen LogP contribution in [0.2, 0.25) is 0 Å². The Hall–Kier alpha value is -3.61. The molecule has 2 N–H and O–H groups in total. The molecule has 0 aliphatic carbocycles. The summed E-state index contributed by atoms with van der Waals surface area (Å²) >= 11 is 0. The first-order valence-electron chi connectivity index (χ1n) is 9.46. The van der Waals surface area contributed by atoms with Gasteiger partial charge in [-0.3, -0.25) is 9.59 Å². The Morgan fingerprint density at radius 3 is 2.55 bits per heavy atom.